The lowest BCUT2D eigenvalue weighted by Gasteiger charge is -2.15. The quantitative estimate of drug-likeness (QED) is 0.840. The number of rotatable bonds is 4. The van der Waals surface area contributed by atoms with Gasteiger partial charge in [-0.25, -0.2) is 0 Å². The maximum atomic E-state index is 12.2. The minimum atomic E-state index is -0.388. The third kappa shape index (κ3) is 2.35. The molecule has 0 spiro atoms. The first kappa shape index (κ1) is 12.2. The second kappa shape index (κ2) is 4.68. The highest BCUT2D eigenvalue weighted by atomic mass is 16.2. The molecule has 1 saturated heterocycles. The minimum Gasteiger partial charge on any atom is -0.373 e. The summed E-state index contributed by atoms with van der Waals surface area (Å²) in [6.45, 7) is 2.11. The topological polar surface area (TPSA) is 49.4 Å². The van der Waals surface area contributed by atoms with Gasteiger partial charge < -0.3 is 5.32 Å². The van der Waals surface area contributed by atoms with Crippen molar-refractivity contribution in [1.29, 1.82) is 0 Å². The highest BCUT2D eigenvalue weighted by Gasteiger charge is 2.45. The molecule has 100 valence electrons. The lowest BCUT2D eigenvalue weighted by atomic mass is 10.1. The summed E-state index contributed by atoms with van der Waals surface area (Å²) in [6.07, 6.45) is 3.21. The molecule has 1 saturated carbocycles. The van der Waals surface area contributed by atoms with E-state index in [1.54, 1.807) is 0 Å². The average molecular weight is 258 g/mol. The number of hydrogen-bond acceptors (Lipinski definition) is 3. The second-order valence-electron chi connectivity index (χ2n) is 5.28. The van der Waals surface area contributed by atoms with Gasteiger partial charge in [-0.15, -0.1) is 0 Å². The zero-order chi connectivity index (χ0) is 13.4. The van der Waals surface area contributed by atoms with Crippen LogP contribution in [0.15, 0.2) is 24.3 Å². The molecule has 1 aromatic rings. The standard InChI is InChI=1S/C15H18N2O2/c1-2-10-3-5-11(6-4-10)16-13-9-14(18)17(15(13)19)12-7-8-12/h3-6,12-13,16H,2,7-9H2,1H3/t13-/m0/s1. The monoisotopic (exact) mass is 258 g/mol. The molecular weight excluding hydrogens is 240 g/mol. The molecule has 19 heavy (non-hydrogen) atoms. The fraction of sp³-hybridized carbons (Fsp3) is 0.467. The molecule has 3 rings (SSSR count). The van der Waals surface area contributed by atoms with Gasteiger partial charge >= 0.3 is 0 Å². The largest absolute Gasteiger partial charge is 0.373 e. The molecule has 2 aliphatic rings. The first-order valence-corrected chi connectivity index (χ1v) is 6.90. The summed E-state index contributed by atoms with van der Waals surface area (Å²) in [5.41, 5.74) is 2.17. The first-order valence-electron chi connectivity index (χ1n) is 6.90. The summed E-state index contributed by atoms with van der Waals surface area (Å²) in [6, 6.07) is 7.81. The van der Waals surface area contributed by atoms with E-state index < -0.39 is 0 Å². The summed E-state index contributed by atoms with van der Waals surface area (Å²) >= 11 is 0. The summed E-state index contributed by atoms with van der Waals surface area (Å²) in [5.74, 6) is -0.0951. The molecule has 0 bridgehead atoms. The molecule has 0 unspecified atom stereocenters. The molecule has 1 N–H and O–H groups in total. The number of carbonyl (C=O) groups excluding carboxylic acids is 2. The first-order chi connectivity index (χ1) is 9.19. The maximum absolute atomic E-state index is 12.2. The van der Waals surface area contributed by atoms with Gasteiger partial charge in [0.05, 0.1) is 6.42 Å². The Balaban J connectivity index is 1.69. The van der Waals surface area contributed by atoms with Crippen molar-refractivity contribution in [2.75, 3.05) is 5.32 Å². The van der Waals surface area contributed by atoms with Crippen molar-refractivity contribution in [2.45, 2.75) is 44.7 Å². The van der Waals surface area contributed by atoms with E-state index in [1.165, 1.54) is 10.5 Å². The number of amides is 2. The lowest BCUT2D eigenvalue weighted by Crippen LogP contribution is -2.36. The number of aryl methyl sites for hydroxylation is 1. The van der Waals surface area contributed by atoms with Crippen LogP contribution in [-0.2, 0) is 16.0 Å². The van der Waals surface area contributed by atoms with Gasteiger partial charge in [-0.2, -0.15) is 0 Å². The highest BCUT2D eigenvalue weighted by Crippen LogP contribution is 2.32. The van der Waals surface area contributed by atoms with E-state index in [4.69, 9.17) is 0 Å². The van der Waals surface area contributed by atoms with Crippen molar-refractivity contribution in [2.24, 2.45) is 0 Å². The van der Waals surface area contributed by atoms with E-state index in [2.05, 4.69) is 12.2 Å². The van der Waals surface area contributed by atoms with Crippen molar-refractivity contribution in [3.05, 3.63) is 29.8 Å². The van der Waals surface area contributed by atoms with E-state index in [0.29, 0.717) is 0 Å². The molecule has 1 aliphatic heterocycles. The van der Waals surface area contributed by atoms with Gasteiger partial charge in [0.2, 0.25) is 5.91 Å². The van der Waals surface area contributed by atoms with Gasteiger partial charge in [-0.1, -0.05) is 19.1 Å². The zero-order valence-corrected chi connectivity index (χ0v) is 11.1. The van der Waals surface area contributed by atoms with Crippen LogP contribution in [0.1, 0.15) is 31.7 Å². The molecule has 4 nitrogen and oxygen atoms in total. The summed E-state index contributed by atoms with van der Waals surface area (Å²) < 4.78 is 0. The Bertz CT molecular complexity index is 505. The van der Waals surface area contributed by atoms with Crippen LogP contribution >= 0.6 is 0 Å². The van der Waals surface area contributed by atoms with E-state index in [-0.39, 0.29) is 30.3 Å². The van der Waals surface area contributed by atoms with Gasteiger partial charge in [0.1, 0.15) is 6.04 Å². The maximum Gasteiger partial charge on any atom is 0.252 e. The van der Waals surface area contributed by atoms with Gasteiger partial charge in [0, 0.05) is 11.7 Å². The fourth-order valence-corrected chi connectivity index (χ4v) is 2.52. The Morgan fingerprint density at radius 2 is 1.89 bits per heavy atom. The normalized spacial score (nSPS) is 23.0. The Labute approximate surface area is 112 Å². The minimum absolute atomic E-state index is 0.0322. The van der Waals surface area contributed by atoms with Crippen LogP contribution in [-0.4, -0.2) is 28.8 Å². The van der Waals surface area contributed by atoms with Crippen LogP contribution in [0.3, 0.4) is 0 Å². The van der Waals surface area contributed by atoms with E-state index in [9.17, 15) is 9.59 Å². The SMILES string of the molecule is CCc1ccc(N[C@H]2CC(=O)N(C3CC3)C2=O)cc1. The number of nitrogens with one attached hydrogen (secondary N) is 1. The molecule has 2 amide bonds. The molecule has 1 heterocycles. The highest BCUT2D eigenvalue weighted by molar-refractivity contribution is 6.07. The predicted molar refractivity (Wildman–Crippen MR) is 72.7 cm³/mol. The van der Waals surface area contributed by atoms with Gasteiger partial charge in [0.25, 0.3) is 5.91 Å². The molecule has 1 aliphatic carbocycles. The predicted octanol–water partition coefficient (Wildman–Crippen LogP) is 1.95. The number of nitrogens with zero attached hydrogens (tertiary/aromatic N) is 1. The van der Waals surface area contributed by atoms with Crippen LogP contribution in [0.4, 0.5) is 5.69 Å². The number of benzene rings is 1. The van der Waals surface area contributed by atoms with Crippen molar-refractivity contribution in [3.63, 3.8) is 0 Å². The summed E-state index contributed by atoms with van der Waals surface area (Å²) in [4.78, 5) is 25.5. The Kier molecular flexibility index (Phi) is 3.01. The molecule has 0 radical (unpaired) electrons. The molecular formula is C15H18N2O2. The third-order valence-corrected chi connectivity index (χ3v) is 3.80. The summed E-state index contributed by atoms with van der Waals surface area (Å²) in [5, 5.41) is 3.17. The van der Waals surface area contributed by atoms with Gasteiger partial charge in [-0.3, -0.25) is 14.5 Å². The molecule has 4 heteroatoms. The summed E-state index contributed by atoms with van der Waals surface area (Å²) in [7, 11) is 0. The van der Waals surface area contributed by atoms with Gasteiger partial charge in [-0.05, 0) is 37.0 Å². The third-order valence-electron chi connectivity index (χ3n) is 3.80. The molecule has 1 aromatic carbocycles. The van der Waals surface area contributed by atoms with Gasteiger partial charge in [0.15, 0.2) is 0 Å². The van der Waals surface area contributed by atoms with E-state index in [0.717, 1.165) is 24.9 Å². The van der Waals surface area contributed by atoms with E-state index in [1.807, 2.05) is 24.3 Å². The Morgan fingerprint density at radius 1 is 1.21 bits per heavy atom. The number of hydrogen-bond donors (Lipinski definition) is 1. The second-order valence-corrected chi connectivity index (χ2v) is 5.28. The smallest absolute Gasteiger partial charge is 0.252 e. The molecule has 2 fully saturated rings. The fourth-order valence-electron chi connectivity index (χ4n) is 2.52. The number of imide groups is 1. The zero-order valence-electron chi connectivity index (χ0n) is 11.1. The van der Waals surface area contributed by atoms with Crippen LogP contribution in [0.2, 0.25) is 0 Å². The Morgan fingerprint density at radius 3 is 2.47 bits per heavy atom. The number of carbonyl (C=O) groups is 2. The van der Waals surface area contributed by atoms with Crippen LogP contribution in [0, 0.1) is 0 Å². The molecule has 0 aromatic heterocycles. The van der Waals surface area contributed by atoms with Crippen LogP contribution in [0.5, 0.6) is 0 Å². The van der Waals surface area contributed by atoms with Crippen molar-refractivity contribution in [3.8, 4) is 0 Å². The lowest BCUT2D eigenvalue weighted by molar-refractivity contribution is -0.139. The van der Waals surface area contributed by atoms with E-state index >= 15 is 0 Å². The van der Waals surface area contributed by atoms with Crippen LogP contribution in [0.25, 0.3) is 0 Å². The Hall–Kier alpha value is -1.84. The molecule has 1 atom stereocenters. The van der Waals surface area contributed by atoms with Crippen LogP contribution < -0.4 is 5.32 Å². The number of likely N-dealkylation sites (tertiary alicyclic amines) is 1. The number of anilines is 1. The van der Waals surface area contributed by atoms with Crippen molar-refractivity contribution in [1.82, 2.24) is 4.90 Å². The van der Waals surface area contributed by atoms with Crippen molar-refractivity contribution < 1.29 is 9.59 Å². The van der Waals surface area contributed by atoms with Crippen molar-refractivity contribution >= 4 is 17.5 Å². The average Bonchev–Trinajstić information content (AvgIpc) is 3.19.